The molecule has 4 nitrogen and oxygen atoms in total. The Labute approximate surface area is 115 Å². The van der Waals surface area contributed by atoms with Crippen molar-refractivity contribution in [3.8, 4) is 6.07 Å². The van der Waals surface area contributed by atoms with Gasteiger partial charge in [-0.3, -0.25) is 0 Å². The van der Waals surface area contributed by atoms with Crippen molar-refractivity contribution in [2.24, 2.45) is 0 Å². The average molecular weight is 267 g/mol. The van der Waals surface area contributed by atoms with Crippen LogP contribution in [-0.2, 0) is 0 Å². The molecule has 0 aliphatic carbocycles. The lowest BCUT2D eigenvalue weighted by Crippen LogP contribution is -1.94. The third kappa shape index (κ3) is 2.73. The van der Waals surface area contributed by atoms with Crippen LogP contribution >= 0.6 is 11.8 Å². The molecule has 0 atom stereocenters. The highest BCUT2D eigenvalue weighted by atomic mass is 32.2. The number of rotatable bonds is 2. The maximum absolute atomic E-state index is 9.22. The Morgan fingerprint density at radius 2 is 2.00 bits per heavy atom. The zero-order valence-corrected chi connectivity index (χ0v) is 11.4. The Morgan fingerprint density at radius 3 is 2.68 bits per heavy atom. The zero-order chi connectivity index (χ0) is 13.8. The molecule has 0 aliphatic heterocycles. The first-order valence-electron chi connectivity index (χ1n) is 5.66. The van der Waals surface area contributed by atoms with Gasteiger partial charge in [-0.2, -0.15) is 5.26 Å². The Bertz CT molecular complexity index is 710. The number of nitrogens with zero attached hydrogens (tertiary/aromatic N) is 4. The summed E-state index contributed by atoms with van der Waals surface area (Å²) < 4.78 is 0. The summed E-state index contributed by atoms with van der Waals surface area (Å²) in [4.78, 5) is 8.39. The molecule has 0 saturated carbocycles. The van der Waals surface area contributed by atoms with E-state index in [0.29, 0.717) is 16.3 Å². The first-order chi connectivity index (χ1) is 9.15. The van der Waals surface area contributed by atoms with Crippen molar-refractivity contribution in [2.45, 2.75) is 23.8 Å². The van der Waals surface area contributed by atoms with Crippen LogP contribution in [0.1, 0.15) is 16.8 Å². The molecule has 0 spiro atoms. The van der Waals surface area contributed by atoms with E-state index in [1.807, 2.05) is 32.0 Å². The van der Waals surface area contributed by atoms with Crippen molar-refractivity contribution in [1.29, 1.82) is 10.7 Å². The van der Waals surface area contributed by atoms with Crippen molar-refractivity contribution in [1.82, 2.24) is 4.98 Å². The van der Waals surface area contributed by atoms with Crippen LogP contribution in [0.3, 0.4) is 0 Å². The van der Waals surface area contributed by atoms with Crippen LogP contribution in [0.15, 0.2) is 40.3 Å². The summed E-state index contributed by atoms with van der Waals surface area (Å²) in [6.07, 6.45) is 0. The highest BCUT2D eigenvalue weighted by Crippen LogP contribution is 2.36. The van der Waals surface area contributed by atoms with E-state index in [1.165, 1.54) is 11.8 Å². The summed E-state index contributed by atoms with van der Waals surface area (Å²) in [5.41, 5.74) is 2.79. The molecule has 0 unspecified atom stereocenters. The lowest BCUT2D eigenvalue weighted by molar-refractivity contribution is 1.03. The number of hydrogen-bond acceptors (Lipinski definition) is 4. The molecule has 1 aromatic heterocycles. The van der Waals surface area contributed by atoms with Gasteiger partial charge in [0.1, 0.15) is 16.0 Å². The van der Waals surface area contributed by atoms with Crippen molar-refractivity contribution in [3.05, 3.63) is 52.1 Å². The summed E-state index contributed by atoms with van der Waals surface area (Å²) in [7, 11) is 0. The van der Waals surface area contributed by atoms with Gasteiger partial charge in [-0.1, -0.05) is 23.9 Å². The highest BCUT2D eigenvalue weighted by molar-refractivity contribution is 7.99. The summed E-state index contributed by atoms with van der Waals surface area (Å²) in [5.74, 6) is 0. The van der Waals surface area contributed by atoms with Crippen molar-refractivity contribution in [2.75, 3.05) is 0 Å². The molecule has 19 heavy (non-hydrogen) atoms. The van der Waals surface area contributed by atoms with Crippen LogP contribution in [0.4, 0.5) is 5.69 Å². The molecule has 92 valence electrons. The molecular formula is C14H11N4S+. The van der Waals surface area contributed by atoms with Gasteiger partial charge in [-0.05, 0) is 31.5 Å². The maximum atomic E-state index is 9.22. The fourth-order valence-electron chi connectivity index (χ4n) is 1.74. The van der Waals surface area contributed by atoms with Crippen molar-refractivity contribution >= 4 is 17.4 Å². The predicted molar refractivity (Wildman–Crippen MR) is 73.7 cm³/mol. The van der Waals surface area contributed by atoms with Gasteiger partial charge in [-0.15, -0.1) is 0 Å². The molecule has 0 aliphatic rings. The predicted octanol–water partition coefficient (Wildman–Crippen LogP) is 4.21. The number of hydrogen-bond donors (Lipinski definition) is 0. The minimum absolute atomic E-state index is 0.470. The molecule has 1 aromatic carbocycles. The topological polar surface area (TPSA) is 64.8 Å². The number of benzene rings is 1. The highest BCUT2D eigenvalue weighted by Gasteiger charge is 2.17. The van der Waals surface area contributed by atoms with E-state index in [9.17, 15) is 5.26 Å². The van der Waals surface area contributed by atoms with Gasteiger partial charge >= 0.3 is 5.69 Å². The van der Waals surface area contributed by atoms with E-state index in [2.05, 4.69) is 16.0 Å². The van der Waals surface area contributed by atoms with Gasteiger partial charge in [0.25, 0.3) is 0 Å². The van der Waals surface area contributed by atoms with E-state index in [4.69, 9.17) is 5.39 Å². The SMILES string of the molecule is Cc1cc(C)c(C#N)c(Sc2ccccc2[N+]#N)n1. The van der Waals surface area contributed by atoms with Gasteiger partial charge in [-0.25, -0.2) is 4.98 Å². The first kappa shape index (κ1) is 13.1. The lowest BCUT2D eigenvalue weighted by atomic mass is 10.1. The summed E-state index contributed by atoms with van der Waals surface area (Å²) in [6.45, 7) is 3.78. The second kappa shape index (κ2) is 5.51. The number of pyridine rings is 1. The third-order valence-corrected chi connectivity index (χ3v) is 3.66. The zero-order valence-electron chi connectivity index (χ0n) is 10.6. The van der Waals surface area contributed by atoms with Crippen molar-refractivity contribution in [3.63, 3.8) is 0 Å². The molecule has 0 amide bonds. The van der Waals surface area contributed by atoms with Crippen LogP contribution in [-0.4, -0.2) is 4.98 Å². The summed E-state index contributed by atoms with van der Waals surface area (Å²) >= 11 is 1.33. The minimum atomic E-state index is 0.470. The molecule has 0 bridgehead atoms. The molecular weight excluding hydrogens is 256 g/mol. The molecule has 0 radical (unpaired) electrons. The molecule has 0 fully saturated rings. The fourth-order valence-corrected chi connectivity index (χ4v) is 2.81. The Kier molecular flexibility index (Phi) is 3.79. The van der Waals surface area contributed by atoms with Crippen molar-refractivity contribution < 1.29 is 0 Å². The van der Waals surface area contributed by atoms with E-state index >= 15 is 0 Å². The molecule has 1 heterocycles. The summed E-state index contributed by atoms with van der Waals surface area (Å²) in [6, 6.07) is 11.2. The third-order valence-electron chi connectivity index (χ3n) is 2.60. The smallest absolute Gasteiger partial charge is 0.245 e. The lowest BCUT2D eigenvalue weighted by Gasteiger charge is -2.06. The second-order valence-corrected chi connectivity index (χ2v) is 5.07. The minimum Gasteiger partial charge on any atom is -0.245 e. The second-order valence-electron chi connectivity index (χ2n) is 4.04. The van der Waals surface area contributed by atoms with Gasteiger partial charge in [0.05, 0.1) is 5.56 Å². The monoisotopic (exact) mass is 267 g/mol. The van der Waals surface area contributed by atoms with Crippen LogP contribution in [0.5, 0.6) is 0 Å². The van der Waals surface area contributed by atoms with E-state index in [1.54, 1.807) is 12.1 Å². The summed E-state index contributed by atoms with van der Waals surface area (Å²) in [5, 5.41) is 18.8. The maximum Gasteiger partial charge on any atom is 0.398 e. The van der Waals surface area contributed by atoms with Gasteiger partial charge in [0, 0.05) is 11.8 Å². The molecule has 0 saturated heterocycles. The van der Waals surface area contributed by atoms with E-state index in [-0.39, 0.29) is 0 Å². The fraction of sp³-hybridized carbons (Fsp3) is 0.143. The molecule has 2 rings (SSSR count). The first-order valence-corrected chi connectivity index (χ1v) is 6.47. The largest absolute Gasteiger partial charge is 0.398 e. The normalized spacial score (nSPS) is 9.68. The van der Waals surface area contributed by atoms with Crippen LogP contribution in [0.2, 0.25) is 0 Å². The molecule has 5 heteroatoms. The van der Waals surface area contributed by atoms with E-state index in [0.717, 1.165) is 16.2 Å². The Balaban J connectivity index is 2.50. The number of diazo groups is 1. The standard InChI is InChI=1S/C14H11N4S/c1-9-7-10(2)17-14(11(9)8-15)19-13-6-4-3-5-12(13)18-16/h3-7H,1-2H3/q+1. The van der Waals surface area contributed by atoms with Gasteiger partial charge in [0.2, 0.25) is 5.39 Å². The molecule has 2 aromatic rings. The number of aromatic nitrogens is 1. The van der Waals surface area contributed by atoms with Crippen LogP contribution in [0.25, 0.3) is 4.98 Å². The number of aryl methyl sites for hydroxylation is 2. The number of nitriles is 1. The van der Waals surface area contributed by atoms with Crippen LogP contribution < -0.4 is 0 Å². The van der Waals surface area contributed by atoms with E-state index < -0.39 is 0 Å². The average Bonchev–Trinajstić information content (AvgIpc) is 2.39. The Hall–Kier alpha value is -2.37. The van der Waals surface area contributed by atoms with Crippen LogP contribution in [0, 0.1) is 30.6 Å². The van der Waals surface area contributed by atoms with Gasteiger partial charge < -0.3 is 0 Å². The van der Waals surface area contributed by atoms with Gasteiger partial charge in [0.15, 0.2) is 4.98 Å². The Morgan fingerprint density at radius 1 is 1.26 bits per heavy atom. The quantitative estimate of drug-likeness (QED) is 0.765. The molecule has 0 N–H and O–H groups in total.